The topological polar surface area (TPSA) is 46.5 Å². The van der Waals surface area contributed by atoms with Gasteiger partial charge >= 0.3 is 5.97 Å². The molecular formula is C16H12F2O3. The highest BCUT2D eigenvalue weighted by atomic mass is 19.1. The molecule has 2 aromatic rings. The van der Waals surface area contributed by atoms with Crippen molar-refractivity contribution in [1.82, 2.24) is 0 Å². The lowest BCUT2D eigenvalue weighted by Gasteiger charge is -2.10. The third-order valence-electron chi connectivity index (χ3n) is 2.70. The number of halogens is 2. The molecule has 108 valence electrons. The van der Waals surface area contributed by atoms with Crippen LogP contribution in [0.15, 0.2) is 48.5 Å². The number of carboxylic acids is 1. The molecule has 0 radical (unpaired) electrons. The molecule has 21 heavy (non-hydrogen) atoms. The van der Waals surface area contributed by atoms with Crippen molar-refractivity contribution in [3.63, 3.8) is 0 Å². The Hall–Kier alpha value is -2.69. The van der Waals surface area contributed by atoms with Crippen molar-refractivity contribution in [2.24, 2.45) is 0 Å². The van der Waals surface area contributed by atoms with Gasteiger partial charge in [-0.15, -0.1) is 0 Å². The number of ether oxygens (including phenoxy) is 1. The van der Waals surface area contributed by atoms with E-state index >= 15 is 0 Å². The molecule has 0 aromatic heterocycles. The van der Waals surface area contributed by atoms with Gasteiger partial charge in [0.2, 0.25) is 0 Å². The second-order valence-corrected chi connectivity index (χ2v) is 4.24. The predicted octanol–water partition coefficient (Wildman–Crippen LogP) is 3.64. The minimum Gasteiger partial charge on any atom is -0.485 e. The van der Waals surface area contributed by atoms with Gasteiger partial charge in [0.15, 0.2) is 11.6 Å². The van der Waals surface area contributed by atoms with Gasteiger partial charge in [-0.1, -0.05) is 24.3 Å². The number of hydrogen-bond acceptors (Lipinski definition) is 2. The van der Waals surface area contributed by atoms with Crippen LogP contribution in [0.4, 0.5) is 8.78 Å². The van der Waals surface area contributed by atoms with Gasteiger partial charge in [0.1, 0.15) is 12.4 Å². The van der Waals surface area contributed by atoms with Gasteiger partial charge in [-0.3, -0.25) is 0 Å². The van der Waals surface area contributed by atoms with E-state index in [1.807, 2.05) is 0 Å². The summed E-state index contributed by atoms with van der Waals surface area (Å²) in [5.41, 5.74) is 0.993. The van der Waals surface area contributed by atoms with E-state index in [4.69, 9.17) is 9.84 Å². The van der Waals surface area contributed by atoms with Crippen molar-refractivity contribution < 1.29 is 23.4 Å². The van der Waals surface area contributed by atoms with Gasteiger partial charge in [-0.05, 0) is 29.8 Å². The molecule has 0 saturated carbocycles. The maximum absolute atomic E-state index is 13.8. The molecule has 0 amide bonds. The standard InChI is InChI=1S/C16H12F2O3/c17-13-7-4-11(5-8-13)10-21-16-12(6-9-15(19)20)2-1-3-14(16)18/h1-9H,10H2,(H,19,20)/b9-6+. The SMILES string of the molecule is O=C(O)/C=C/c1cccc(F)c1OCc1ccc(F)cc1. The highest BCUT2D eigenvalue weighted by Crippen LogP contribution is 2.25. The summed E-state index contributed by atoms with van der Waals surface area (Å²) in [6, 6.07) is 9.85. The van der Waals surface area contributed by atoms with Crippen LogP contribution < -0.4 is 4.74 Å². The summed E-state index contributed by atoms with van der Waals surface area (Å²) in [5, 5.41) is 8.61. The lowest BCUT2D eigenvalue weighted by Crippen LogP contribution is -1.99. The van der Waals surface area contributed by atoms with E-state index in [1.165, 1.54) is 42.5 Å². The lowest BCUT2D eigenvalue weighted by molar-refractivity contribution is -0.131. The van der Waals surface area contributed by atoms with Crippen LogP contribution >= 0.6 is 0 Å². The van der Waals surface area contributed by atoms with Crippen LogP contribution in [0.1, 0.15) is 11.1 Å². The van der Waals surface area contributed by atoms with Crippen molar-refractivity contribution >= 4 is 12.0 Å². The molecule has 0 spiro atoms. The number of para-hydroxylation sites is 1. The van der Waals surface area contributed by atoms with E-state index in [1.54, 1.807) is 6.07 Å². The molecule has 0 saturated heterocycles. The second-order valence-electron chi connectivity index (χ2n) is 4.24. The Labute approximate surface area is 120 Å². The number of aliphatic carboxylic acids is 1. The van der Waals surface area contributed by atoms with Gasteiger partial charge in [-0.2, -0.15) is 0 Å². The molecule has 0 unspecified atom stereocenters. The minimum atomic E-state index is -1.14. The van der Waals surface area contributed by atoms with E-state index in [9.17, 15) is 13.6 Å². The van der Waals surface area contributed by atoms with Crippen molar-refractivity contribution in [2.45, 2.75) is 6.61 Å². The third kappa shape index (κ3) is 4.14. The molecule has 0 aliphatic rings. The smallest absolute Gasteiger partial charge is 0.328 e. The normalized spacial score (nSPS) is 10.8. The summed E-state index contributed by atoms with van der Waals surface area (Å²) in [6.07, 6.45) is 2.16. The molecule has 3 nitrogen and oxygen atoms in total. The van der Waals surface area contributed by atoms with E-state index < -0.39 is 11.8 Å². The quantitative estimate of drug-likeness (QED) is 0.855. The Bertz CT molecular complexity index is 664. The van der Waals surface area contributed by atoms with Crippen LogP contribution in [0.5, 0.6) is 5.75 Å². The zero-order chi connectivity index (χ0) is 15.2. The van der Waals surface area contributed by atoms with Crippen molar-refractivity contribution in [3.8, 4) is 5.75 Å². The lowest BCUT2D eigenvalue weighted by atomic mass is 10.1. The summed E-state index contributed by atoms with van der Waals surface area (Å²) >= 11 is 0. The molecule has 0 aliphatic carbocycles. The van der Waals surface area contributed by atoms with E-state index in [-0.39, 0.29) is 18.2 Å². The molecular weight excluding hydrogens is 278 g/mol. The van der Waals surface area contributed by atoms with E-state index in [0.717, 1.165) is 6.08 Å². The molecule has 0 bridgehead atoms. The average molecular weight is 290 g/mol. The fraction of sp³-hybridized carbons (Fsp3) is 0.0625. The fourth-order valence-electron chi connectivity index (χ4n) is 1.71. The first-order valence-corrected chi connectivity index (χ1v) is 6.13. The highest BCUT2D eigenvalue weighted by molar-refractivity contribution is 5.85. The van der Waals surface area contributed by atoms with Crippen LogP contribution in [0.25, 0.3) is 6.08 Å². The van der Waals surface area contributed by atoms with Gasteiger partial charge in [-0.25, -0.2) is 13.6 Å². The van der Waals surface area contributed by atoms with Crippen LogP contribution in [0.3, 0.4) is 0 Å². The van der Waals surface area contributed by atoms with Crippen LogP contribution in [0, 0.1) is 11.6 Å². The van der Waals surface area contributed by atoms with Crippen molar-refractivity contribution in [1.29, 1.82) is 0 Å². The molecule has 0 fully saturated rings. The summed E-state index contributed by atoms with van der Waals surface area (Å²) < 4.78 is 31.9. The van der Waals surface area contributed by atoms with Crippen molar-refractivity contribution in [3.05, 3.63) is 71.3 Å². The second kappa shape index (κ2) is 6.65. The summed E-state index contributed by atoms with van der Waals surface area (Å²) in [6.45, 7) is 0.0507. The zero-order valence-electron chi connectivity index (χ0n) is 10.9. The van der Waals surface area contributed by atoms with Crippen LogP contribution in [-0.4, -0.2) is 11.1 Å². The number of hydrogen-bond donors (Lipinski definition) is 1. The molecule has 0 aliphatic heterocycles. The summed E-state index contributed by atoms with van der Waals surface area (Å²) in [5.74, 6) is -2.14. The fourth-order valence-corrected chi connectivity index (χ4v) is 1.71. The molecule has 0 heterocycles. The molecule has 1 N–H and O–H groups in total. The number of carbonyl (C=O) groups is 1. The Kier molecular flexibility index (Phi) is 4.66. The van der Waals surface area contributed by atoms with Gasteiger partial charge < -0.3 is 9.84 Å². The first-order valence-electron chi connectivity index (χ1n) is 6.13. The number of rotatable bonds is 5. The number of benzene rings is 2. The number of carboxylic acid groups (broad SMARTS) is 1. The first-order chi connectivity index (χ1) is 10.1. The average Bonchev–Trinajstić information content (AvgIpc) is 2.46. The molecule has 2 aromatic carbocycles. The minimum absolute atomic E-state index is 0.0423. The molecule has 0 atom stereocenters. The largest absolute Gasteiger partial charge is 0.485 e. The maximum atomic E-state index is 13.8. The first kappa shape index (κ1) is 14.7. The zero-order valence-corrected chi connectivity index (χ0v) is 10.9. The molecule has 5 heteroatoms. The summed E-state index contributed by atoms with van der Waals surface area (Å²) in [4.78, 5) is 10.5. The van der Waals surface area contributed by atoms with E-state index in [2.05, 4.69) is 0 Å². The van der Waals surface area contributed by atoms with Crippen LogP contribution in [0.2, 0.25) is 0 Å². The van der Waals surface area contributed by atoms with E-state index in [0.29, 0.717) is 11.1 Å². The monoisotopic (exact) mass is 290 g/mol. The van der Waals surface area contributed by atoms with Gasteiger partial charge in [0.05, 0.1) is 0 Å². The third-order valence-corrected chi connectivity index (χ3v) is 2.70. The maximum Gasteiger partial charge on any atom is 0.328 e. The summed E-state index contributed by atoms with van der Waals surface area (Å²) in [7, 11) is 0. The van der Waals surface area contributed by atoms with Gasteiger partial charge in [0, 0.05) is 11.6 Å². The highest BCUT2D eigenvalue weighted by Gasteiger charge is 2.08. The Balaban J connectivity index is 2.18. The van der Waals surface area contributed by atoms with Crippen LogP contribution in [-0.2, 0) is 11.4 Å². The van der Waals surface area contributed by atoms with Crippen molar-refractivity contribution in [2.75, 3.05) is 0 Å². The Morgan fingerprint density at radius 3 is 2.52 bits per heavy atom. The Morgan fingerprint density at radius 1 is 1.14 bits per heavy atom. The molecule has 2 rings (SSSR count). The Morgan fingerprint density at radius 2 is 1.86 bits per heavy atom. The van der Waals surface area contributed by atoms with Gasteiger partial charge in [0.25, 0.3) is 0 Å². The predicted molar refractivity (Wildman–Crippen MR) is 73.8 cm³/mol.